The summed E-state index contributed by atoms with van der Waals surface area (Å²) in [6, 6.07) is 20.9. The largest absolute Gasteiger partial charge is 0.512 e. The van der Waals surface area contributed by atoms with Crippen molar-refractivity contribution in [1.82, 2.24) is 4.90 Å². The van der Waals surface area contributed by atoms with Crippen LogP contribution in [0.2, 0.25) is 5.04 Å². The van der Waals surface area contributed by atoms with Crippen molar-refractivity contribution >= 4 is 31.9 Å². The molecule has 0 saturated carbocycles. The minimum absolute atomic E-state index is 0.199. The van der Waals surface area contributed by atoms with Gasteiger partial charge in [0.1, 0.15) is 5.60 Å². The molecule has 1 amide bonds. The summed E-state index contributed by atoms with van der Waals surface area (Å²) in [5.74, 6) is 0. The van der Waals surface area contributed by atoms with Crippen LogP contribution in [-0.4, -0.2) is 55.9 Å². The molecule has 0 N–H and O–H groups in total. The number of rotatable bonds is 6. The number of carbonyl (C=O) groups is 1. The molecule has 1 saturated heterocycles. The van der Waals surface area contributed by atoms with E-state index in [-0.39, 0.29) is 16.5 Å². The second-order valence-corrected chi connectivity index (χ2v) is 20.1. The van der Waals surface area contributed by atoms with Crippen molar-refractivity contribution < 1.29 is 23.3 Å². The van der Waals surface area contributed by atoms with Gasteiger partial charge in [-0.1, -0.05) is 101 Å². The summed E-state index contributed by atoms with van der Waals surface area (Å²) in [4.78, 5) is 15.9. The summed E-state index contributed by atoms with van der Waals surface area (Å²) in [5, 5.41) is 2.20. The third kappa shape index (κ3) is 6.53. The third-order valence-corrected chi connectivity index (χ3v) is 14.3. The monoisotopic (exact) mass is 605 g/mol. The van der Waals surface area contributed by atoms with Crippen LogP contribution in [0, 0.1) is 5.41 Å². The molecule has 2 aliphatic rings. The fraction of sp³-hybridized carbons (Fsp3) is 0.571. The van der Waals surface area contributed by atoms with Crippen LogP contribution >= 0.6 is 0 Å². The number of benzene rings is 2. The molecule has 0 radical (unpaired) electrons. The Hall–Kier alpha value is -2.39. The summed E-state index contributed by atoms with van der Waals surface area (Å²) >= 11 is 0. The molecule has 0 spiro atoms. The van der Waals surface area contributed by atoms with E-state index in [0.717, 1.165) is 6.42 Å². The summed E-state index contributed by atoms with van der Waals surface area (Å²) in [6.07, 6.45) is 2.41. The van der Waals surface area contributed by atoms with Gasteiger partial charge in [0.25, 0.3) is 8.32 Å². The molecule has 0 aromatic heterocycles. The Balaban J connectivity index is 1.83. The SMILES string of the molecule is CC(C)(C)OC(=O)N1C(B2OC(C)(C)C(C)(C)O2)=CCC(C)(C)C1CO[Si](c1ccccc1)(c1ccccc1)C(C)(C)C. The molecule has 1 fully saturated rings. The molecule has 4 rings (SSSR count). The average Bonchev–Trinajstić information content (AvgIpc) is 3.10. The van der Waals surface area contributed by atoms with Gasteiger partial charge < -0.3 is 18.5 Å². The van der Waals surface area contributed by atoms with Gasteiger partial charge >= 0.3 is 13.2 Å². The number of carbonyl (C=O) groups excluding carboxylic acids is 1. The van der Waals surface area contributed by atoms with Crippen LogP contribution in [0.3, 0.4) is 0 Å². The van der Waals surface area contributed by atoms with E-state index in [4.69, 9.17) is 18.5 Å². The van der Waals surface area contributed by atoms with Crippen LogP contribution < -0.4 is 10.4 Å². The fourth-order valence-electron chi connectivity index (χ4n) is 6.11. The molecule has 8 heteroatoms. The molecular weight excluding hydrogens is 553 g/mol. The number of amides is 1. The smallest absolute Gasteiger partial charge is 0.443 e. The van der Waals surface area contributed by atoms with E-state index in [1.165, 1.54) is 10.4 Å². The molecule has 234 valence electrons. The highest BCUT2D eigenvalue weighted by atomic mass is 28.4. The van der Waals surface area contributed by atoms with Gasteiger partial charge in [-0.2, -0.15) is 0 Å². The highest BCUT2D eigenvalue weighted by Gasteiger charge is 2.57. The first-order valence-electron chi connectivity index (χ1n) is 15.5. The Morgan fingerprint density at radius 2 is 1.33 bits per heavy atom. The maximum Gasteiger partial charge on any atom is 0.512 e. The third-order valence-electron chi connectivity index (χ3n) is 9.29. The molecule has 2 aliphatic heterocycles. The van der Waals surface area contributed by atoms with Gasteiger partial charge in [-0.05, 0) is 75.7 Å². The summed E-state index contributed by atoms with van der Waals surface area (Å²) in [5.41, 5.74) is -1.40. The molecule has 1 unspecified atom stereocenters. The minimum Gasteiger partial charge on any atom is -0.443 e. The van der Waals surface area contributed by atoms with Crippen molar-refractivity contribution in [2.24, 2.45) is 5.41 Å². The van der Waals surface area contributed by atoms with Gasteiger partial charge in [0, 0.05) is 0 Å². The normalized spacial score (nSPS) is 21.9. The highest BCUT2D eigenvalue weighted by molar-refractivity contribution is 6.99. The van der Waals surface area contributed by atoms with E-state index < -0.39 is 38.3 Å². The minimum atomic E-state index is -2.87. The molecule has 6 nitrogen and oxygen atoms in total. The predicted molar refractivity (Wildman–Crippen MR) is 178 cm³/mol. The van der Waals surface area contributed by atoms with Gasteiger partial charge in [-0.3, -0.25) is 4.90 Å². The zero-order valence-electron chi connectivity index (χ0n) is 28.4. The van der Waals surface area contributed by atoms with E-state index in [9.17, 15) is 4.79 Å². The molecule has 43 heavy (non-hydrogen) atoms. The van der Waals surface area contributed by atoms with Gasteiger partial charge in [-0.25, -0.2) is 4.79 Å². The van der Waals surface area contributed by atoms with Gasteiger partial charge in [-0.15, -0.1) is 0 Å². The van der Waals surface area contributed by atoms with Crippen LogP contribution in [0.4, 0.5) is 4.79 Å². The summed E-state index contributed by atoms with van der Waals surface area (Å²) in [7, 11) is -3.57. The lowest BCUT2D eigenvalue weighted by Gasteiger charge is -2.49. The number of allylic oxidation sites excluding steroid dienone is 1. The van der Waals surface area contributed by atoms with Crippen LogP contribution in [0.15, 0.2) is 72.3 Å². The standard InChI is InChI=1S/C35H52BNO5Si/c1-31(2,3)40-30(38)37-28(33(7,8)24-23-29(37)36-41-34(9,10)35(11,12)42-36)25-39-43(32(4,5)6,26-19-15-13-16-20-26)27-21-17-14-18-22-27/h13-23,28H,24-25H2,1-12H3. The first-order valence-corrected chi connectivity index (χ1v) is 17.5. The van der Waals surface area contributed by atoms with Crippen molar-refractivity contribution in [3.8, 4) is 0 Å². The van der Waals surface area contributed by atoms with Gasteiger partial charge in [0.2, 0.25) is 0 Å². The van der Waals surface area contributed by atoms with E-state index in [0.29, 0.717) is 12.2 Å². The lowest BCUT2D eigenvalue weighted by atomic mass is 9.71. The zero-order valence-corrected chi connectivity index (χ0v) is 29.4. The summed E-state index contributed by atoms with van der Waals surface area (Å²) in [6.45, 7) is 25.3. The highest BCUT2D eigenvalue weighted by Crippen LogP contribution is 2.45. The van der Waals surface area contributed by atoms with E-state index in [1.807, 2.05) is 60.6 Å². The Morgan fingerprint density at radius 3 is 1.74 bits per heavy atom. The molecular formula is C35H52BNO5Si. The predicted octanol–water partition coefficient (Wildman–Crippen LogP) is 7.11. The molecule has 1 atom stereocenters. The van der Waals surface area contributed by atoms with Crippen LogP contribution in [0.5, 0.6) is 0 Å². The van der Waals surface area contributed by atoms with E-state index in [1.54, 1.807) is 4.90 Å². The van der Waals surface area contributed by atoms with Crippen molar-refractivity contribution in [1.29, 1.82) is 0 Å². The second kappa shape index (κ2) is 11.5. The number of hydrogen-bond donors (Lipinski definition) is 0. The van der Waals surface area contributed by atoms with Crippen LogP contribution in [0.25, 0.3) is 0 Å². The van der Waals surface area contributed by atoms with Crippen LogP contribution in [-0.2, 0) is 18.5 Å². The topological polar surface area (TPSA) is 57.2 Å². The molecule has 0 bridgehead atoms. The Labute approximate surface area is 261 Å². The Kier molecular flexibility index (Phi) is 8.97. The lowest BCUT2D eigenvalue weighted by Crippen LogP contribution is -2.68. The second-order valence-electron chi connectivity index (χ2n) is 15.8. The van der Waals surface area contributed by atoms with Crippen LogP contribution in [0.1, 0.15) is 89.5 Å². The Bertz CT molecular complexity index is 1260. The average molecular weight is 606 g/mol. The first kappa shape index (κ1) is 33.5. The van der Waals surface area contributed by atoms with Crippen molar-refractivity contribution in [2.75, 3.05) is 6.61 Å². The molecule has 2 heterocycles. The molecule has 2 aromatic carbocycles. The molecule has 0 aliphatic carbocycles. The lowest BCUT2D eigenvalue weighted by molar-refractivity contribution is -0.00267. The van der Waals surface area contributed by atoms with Crippen molar-refractivity contribution in [3.05, 3.63) is 72.3 Å². The van der Waals surface area contributed by atoms with Gasteiger partial charge in [0.05, 0.1) is 29.4 Å². The maximum atomic E-state index is 14.2. The van der Waals surface area contributed by atoms with Crippen molar-refractivity contribution in [3.63, 3.8) is 0 Å². The van der Waals surface area contributed by atoms with E-state index >= 15 is 0 Å². The van der Waals surface area contributed by atoms with E-state index in [2.05, 4.69) is 89.2 Å². The number of ether oxygens (including phenoxy) is 1. The van der Waals surface area contributed by atoms with Crippen molar-refractivity contribution in [2.45, 2.75) is 117 Å². The summed E-state index contributed by atoms with van der Waals surface area (Å²) < 4.78 is 26.5. The van der Waals surface area contributed by atoms with Gasteiger partial charge in [0.15, 0.2) is 0 Å². The first-order chi connectivity index (χ1) is 19.7. The zero-order chi connectivity index (χ0) is 32.1. The number of nitrogens with zero attached hydrogens (tertiary/aromatic N) is 1. The number of hydrogen-bond acceptors (Lipinski definition) is 5. The quantitative estimate of drug-likeness (QED) is 0.329. The Morgan fingerprint density at radius 1 is 0.860 bits per heavy atom. The maximum absolute atomic E-state index is 14.2. The molecule has 2 aromatic rings. The fourth-order valence-corrected chi connectivity index (χ4v) is 10.7.